The molecule has 9 heteroatoms. The molecule has 0 aliphatic heterocycles. The predicted molar refractivity (Wildman–Crippen MR) is 130 cm³/mol. The van der Waals surface area contributed by atoms with Crippen molar-refractivity contribution in [3.8, 4) is 17.2 Å². The second kappa shape index (κ2) is 10.9. The number of aromatic nitrogens is 2. The van der Waals surface area contributed by atoms with Crippen molar-refractivity contribution in [1.82, 2.24) is 10.2 Å². The smallest absolute Gasteiger partial charge is 0.248 e. The van der Waals surface area contributed by atoms with Crippen LogP contribution in [0.25, 0.3) is 6.08 Å². The molecule has 0 atom stereocenters. The quantitative estimate of drug-likeness (QED) is 0.474. The molecule has 0 bridgehead atoms. The minimum absolute atomic E-state index is 0.269. The van der Waals surface area contributed by atoms with Gasteiger partial charge in [0.05, 0.1) is 33.2 Å². The third kappa shape index (κ3) is 6.13. The monoisotopic (exact) mass is 449 g/mol. The Labute approximate surface area is 193 Å². The Balaban J connectivity index is 1.64. The van der Waals surface area contributed by atoms with Crippen LogP contribution in [-0.2, 0) is 4.79 Å². The van der Waals surface area contributed by atoms with E-state index >= 15 is 0 Å². The molecule has 0 spiro atoms. The number of benzene rings is 2. The lowest BCUT2D eigenvalue weighted by Crippen LogP contribution is -2.10. The van der Waals surface area contributed by atoms with Gasteiger partial charge >= 0.3 is 0 Å². The van der Waals surface area contributed by atoms with Gasteiger partial charge in [0.25, 0.3) is 0 Å². The minimum atomic E-state index is -0.269. The van der Waals surface area contributed by atoms with Gasteiger partial charge < -0.3 is 29.7 Å². The standard InChI is InChI=1S/C24H27N5O4/c1-29(2)19-14-22(28-25-15-19)26-17-7-9-18(10-8-17)27-23(30)11-6-16-12-20(31-3)24(33-5)21(13-16)32-4/h6-15H,1-5H3,(H,26,28)(H,27,30)/b11-6+. The van der Waals surface area contributed by atoms with Crippen LogP contribution in [0.15, 0.2) is 54.7 Å². The van der Waals surface area contributed by atoms with Crippen molar-refractivity contribution in [2.75, 3.05) is 51.0 Å². The van der Waals surface area contributed by atoms with Crippen LogP contribution in [0.4, 0.5) is 22.9 Å². The number of anilines is 4. The molecule has 0 fully saturated rings. The van der Waals surface area contributed by atoms with Gasteiger partial charge in [-0.15, -0.1) is 5.10 Å². The zero-order valence-electron chi connectivity index (χ0n) is 19.2. The van der Waals surface area contributed by atoms with Crippen LogP contribution in [0.5, 0.6) is 17.2 Å². The number of nitrogens with one attached hydrogen (secondary N) is 2. The fraction of sp³-hybridized carbons (Fsp3) is 0.208. The number of methoxy groups -OCH3 is 3. The molecule has 3 aromatic rings. The second-order valence-electron chi connectivity index (χ2n) is 7.18. The lowest BCUT2D eigenvalue weighted by molar-refractivity contribution is -0.111. The summed E-state index contributed by atoms with van der Waals surface area (Å²) in [5.74, 6) is 1.89. The molecule has 0 saturated carbocycles. The molecule has 2 aromatic carbocycles. The van der Waals surface area contributed by atoms with Gasteiger partial charge in [-0.3, -0.25) is 4.79 Å². The van der Waals surface area contributed by atoms with Crippen LogP contribution < -0.4 is 29.7 Å². The molecule has 9 nitrogen and oxygen atoms in total. The third-order valence-electron chi connectivity index (χ3n) is 4.70. The molecule has 1 heterocycles. The number of nitrogens with zero attached hydrogens (tertiary/aromatic N) is 3. The molecule has 0 aliphatic carbocycles. The van der Waals surface area contributed by atoms with E-state index in [4.69, 9.17) is 14.2 Å². The average Bonchev–Trinajstić information content (AvgIpc) is 2.83. The van der Waals surface area contributed by atoms with Crippen LogP contribution in [0.1, 0.15) is 5.56 Å². The highest BCUT2D eigenvalue weighted by Crippen LogP contribution is 2.38. The first-order chi connectivity index (χ1) is 15.9. The van der Waals surface area contributed by atoms with Crippen molar-refractivity contribution in [3.05, 3.63) is 60.3 Å². The van der Waals surface area contributed by atoms with E-state index in [1.54, 1.807) is 57.9 Å². The van der Waals surface area contributed by atoms with Gasteiger partial charge in [-0.25, -0.2) is 0 Å². The van der Waals surface area contributed by atoms with Gasteiger partial charge in [0, 0.05) is 37.6 Å². The highest BCUT2D eigenvalue weighted by Gasteiger charge is 2.12. The van der Waals surface area contributed by atoms with E-state index in [1.807, 2.05) is 37.2 Å². The lowest BCUT2D eigenvalue weighted by Gasteiger charge is -2.13. The minimum Gasteiger partial charge on any atom is -0.493 e. The van der Waals surface area contributed by atoms with Crippen molar-refractivity contribution in [3.63, 3.8) is 0 Å². The Kier molecular flexibility index (Phi) is 7.69. The molecule has 0 saturated heterocycles. The molecule has 33 heavy (non-hydrogen) atoms. The largest absolute Gasteiger partial charge is 0.493 e. The Morgan fingerprint density at radius 2 is 1.58 bits per heavy atom. The topological polar surface area (TPSA) is 97.8 Å². The molecule has 1 amide bonds. The van der Waals surface area contributed by atoms with Crippen LogP contribution in [0.2, 0.25) is 0 Å². The molecular formula is C24H27N5O4. The number of hydrogen-bond donors (Lipinski definition) is 2. The van der Waals surface area contributed by atoms with E-state index in [0.29, 0.717) is 28.8 Å². The number of hydrogen-bond acceptors (Lipinski definition) is 8. The molecule has 0 radical (unpaired) electrons. The molecule has 3 rings (SSSR count). The maximum absolute atomic E-state index is 12.4. The van der Waals surface area contributed by atoms with Crippen molar-refractivity contribution in [2.45, 2.75) is 0 Å². The first-order valence-corrected chi connectivity index (χ1v) is 10.1. The number of carbonyl (C=O) groups is 1. The molecule has 2 N–H and O–H groups in total. The molecular weight excluding hydrogens is 422 g/mol. The van der Waals surface area contributed by atoms with Crippen molar-refractivity contribution < 1.29 is 19.0 Å². The fourth-order valence-electron chi connectivity index (χ4n) is 3.00. The highest BCUT2D eigenvalue weighted by molar-refractivity contribution is 6.02. The molecule has 0 unspecified atom stereocenters. The van der Waals surface area contributed by atoms with E-state index in [9.17, 15) is 4.79 Å². The summed E-state index contributed by atoms with van der Waals surface area (Å²) < 4.78 is 16.0. The van der Waals surface area contributed by atoms with Gasteiger partial charge in [-0.1, -0.05) is 0 Å². The summed E-state index contributed by atoms with van der Waals surface area (Å²) in [6.07, 6.45) is 4.80. The molecule has 0 aliphatic rings. The summed E-state index contributed by atoms with van der Waals surface area (Å²) in [5, 5.41) is 14.1. The third-order valence-corrected chi connectivity index (χ3v) is 4.70. The first-order valence-electron chi connectivity index (χ1n) is 10.1. The van der Waals surface area contributed by atoms with Gasteiger partial charge in [0.1, 0.15) is 0 Å². The number of ether oxygens (including phenoxy) is 3. The van der Waals surface area contributed by atoms with Gasteiger partial charge in [-0.2, -0.15) is 5.10 Å². The van der Waals surface area contributed by atoms with Crippen LogP contribution in [-0.4, -0.2) is 51.5 Å². The highest BCUT2D eigenvalue weighted by atomic mass is 16.5. The number of amides is 1. The van der Waals surface area contributed by atoms with E-state index in [0.717, 1.165) is 16.9 Å². The van der Waals surface area contributed by atoms with Gasteiger partial charge in [0.15, 0.2) is 17.3 Å². The van der Waals surface area contributed by atoms with E-state index in [-0.39, 0.29) is 5.91 Å². The fourth-order valence-corrected chi connectivity index (χ4v) is 3.00. The Morgan fingerprint density at radius 1 is 0.939 bits per heavy atom. The maximum atomic E-state index is 12.4. The normalized spacial score (nSPS) is 10.6. The molecule has 172 valence electrons. The first kappa shape index (κ1) is 23.4. The van der Waals surface area contributed by atoms with E-state index < -0.39 is 0 Å². The summed E-state index contributed by atoms with van der Waals surface area (Å²) in [6.45, 7) is 0. The van der Waals surface area contributed by atoms with Gasteiger partial charge in [-0.05, 0) is 48.0 Å². The van der Waals surface area contributed by atoms with Crippen molar-refractivity contribution in [1.29, 1.82) is 0 Å². The van der Waals surface area contributed by atoms with Crippen LogP contribution >= 0.6 is 0 Å². The summed E-state index contributed by atoms with van der Waals surface area (Å²) in [6, 6.07) is 12.7. The SMILES string of the molecule is COc1cc(/C=C/C(=O)Nc2ccc(Nc3cc(N(C)C)cnn3)cc2)cc(OC)c1OC. The number of rotatable bonds is 9. The summed E-state index contributed by atoms with van der Waals surface area (Å²) >= 11 is 0. The molecule has 1 aromatic heterocycles. The summed E-state index contributed by atoms with van der Waals surface area (Å²) in [5.41, 5.74) is 3.16. The van der Waals surface area contributed by atoms with E-state index in [2.05, 4.69) is 20.8 Å². The lowest BCUT2D eigenvalue weighted by atomic mass is 10.1. The van der Waals surface area contributed by atoms with Crippen LogP contribution in [0.3, 0.4) is 0 Å². The van der Waals surface area contributed by atoms with Gasteiger partial charge in [0.2, 0.25) is 11.7 Å². The summed E-state index contributed by atoms with van der Waals surface area (Å²) in [4.78, 5) is 14.3. The maximum Gasteiger partial charge on any atom is 0.248 e. The van der Waals surface area contributed by atoms with E-state index in [1.165, 1.54) is 6.08 Å². The Bertz CT molecular complexity index is 1100. The predicted octanol–water partition coefficient (Wildman–Crippen LogP) is 3.96. The zero-order chi connectivity index (χ0) is 23.8. The average molecular weight is 450 g/mol. The van der Waals surface area contributed by atoms with Crippen molar-refractivity contribution >= 4 is 34.9 Å². The summed E-state index contributed by atoms with van der Waals surface area (Å²) in [7, 11) is 8.50. The zero-order valence-corrected chi connectivity index (χ0v) is 19.2. The second-order valence-corrected chi connectivity index (χ2v) is 7.18. The Morgan fingerprint density at radius 3 is 2.15 bits per heavy atom. The van der Waals surface area contributed by atoms with Crippen LogP contribution in [0, 0.1) is 0 Å². The Hall–Kier alpha value is -4.27. The van der Waals surface area contributed by atoms with Crippen molar-refractivity contribution in [2.24, 2.45) is 0 Å². The number of carbonyl (C=O) groups excluding carboxylic acids is 1.